The summed E-state index contributed by atoms with van der Waals surface area (Å²) in [6.07, 6.45) is 1.05. The highest BCUT2D eigenvalue weighted by atomic mass is 35.5. The molecule has 1 atom stereocenters. The average Bonchev–Trinajstić information content (AvgIpc) is 2.69. The van der Waals surface area contributed by atoms with Crippen LogP contribution in [0, 0.1) is 0 Å². The van der Waals surface area contributed by atoms with Gasteiger partial charge < -0.3 is 20.6 Å². The highest BCUT2D eigenvalue weighted by Gasteiger charge is 2.13. The number of nitrogens with two attached hydrogens (primary N) is 1. The molecule has 86 valence electrons. The minimum atomic E-state index is -0.681. The normalized spacial score (nSPS) is 13.0. The van der Waals surface area contributed by atoms with Crippen LogP contribution < -0.4 is 10.5 Å². The van der Waals surface area contributed by atoms with Crippen LogP contribution in [0.25, 0.3) is 10.9 Å². The molecule has 0 saturated carbocycles. The van der Waals surface area contributed by atoms with Crippen molar-refractivity contribution in [2.45, 2.75) is 6.10 Å². The number of methoxy groups -OCH3 is 1. The van der Waals surface area contributed by atoms with Crippen molar-refractivity contribution in [3.63, 3.8) is 0 Å². The molecule has 0 bridgehead atoms. The van der Waals surface area contributed by atoms with Gasteiger partial charge >= 0.3 is 0 Å². The highest BCUT2D eigenvalue weighted by molar-refractivity contribution is 6.32. The maximum Gasteiger partial charge on any atom is 0.138 e. The van der Waals surface area contributed by atoms with Crippen LogP contribution in [0.4, 0.5) is 0 Å². The summed E-state index contributed by atoms with van der Waals surface area (Å²) in [5, 5.41) is 11.1. The van der Waals surface area contributed by atoms with Gasteiger partial charge in [-0.25, -0.2) is 0 Å². The lowest BCUT2D eigenvalue weighted by molar-refractivity contribution is 0.188. The molecule has 16 heavy (non-hydrogen) atoms. The fraction of sp³-hybridized carbons (Fsp3) is 0.273. The molecule has 0 radical (unpaired) electrons. The number of benzene rings is 1. The number of aromatic amines is 1. The third-order valence-electron chi connectivity index (χ3n) is 2.57. The Balaban J connectivity index is 2.62. The largest absolute Gasteiger partial charge is 0.495 e. The summed E-state index contributed by atoms with van der Waals surface area (Å²) in [6, 6.07) is 3.56. The van der Waals surface area contributed by atoms with Gasteiger partial charge in [-0.05, 0) is 12.1 Å². The number of aromatic nitrogens is 1. The molecule has 0 aliphatic heterocycles. The summed E-state index contributed by atoms with van der Waals surface area (Å²) in [6.45, 7) is 0.178. The van der Waals surface area contributed by atoms with Crippen LogP contribution >= 0.6 is 11.6 Å². The van der Waals surface area contributed by atoms with E-state index in [4.69, 9.17) is 22.1 Å². The summed E-state index contributed by atoms with van der Waals surface area (Å²) in [4.78, 5) is 3.04. The Morgan fingerprint density at radius 1 is 1.56 bits per heavy atom. The summed E-state index contributed by atoms with van der Waals surface area (Å²) >= 11 is 5.99. The maximum absolute atomic E-state index is 9.73. The number of ether oxygens (including phenoxy) is 1. The molecule has 1 aromatic heterocycles. The van der Waals surface area contributed by atoms with Crippen molar-refractivity contribution in [3.05, 3.63) is 28.9 Å². The molecule has 0 spiro atoms. The molecule has 2 rings (SSSR count). The first-order valence-electron chi connectivity index (χ1n) is 4.90. The predicted molar refractivity (Wildman–Crippen MR) is 63.9 cm³/mol. The lowest BCUT2D eigenvalue weighted by atomic mass is 10.1. The van der Waals surface area contributed by atoms with Crippen LogP contribution in [-0.4, -0.2) is 23.7 Å². The molecule has 1 heterocycles. The van der Waals surface area contributed by atoms with Crippen molar-refractivity contribution in [1.82, 2.24) is 4.98 Å². The molecule has 0 fully saturated rings. The number of hydrogen-bond acceptors (Lipinski definition) is 3. The molecule has 5 heteroatoms. The molecule has 0 amide bonds. The van der Waals surface area contributed by atoms with Crippen molar-refractivity contribution in [3.8, 4) is 5.75 Å². The first-order valence-corrected chi connectivity index (χ1v) is 5.27. The highest BCUT2D eigenvalue weighted by Crippen LogP contribution is 2.33. The van der Waals surface area contributed by atoms with Crippen LogP contribution in [0.3, 0.4) is 0 Å². The van der Waals surface area contributed by atoms with Crippen LogP contribution in [0.1, 0.15) is 11.7 Å². The van der Waals surface area contributed by atoms with E-state index in [0.717, 1.165) is 16.5 Å². The zero-order valence-electron chi connectivity index (χ0n) is 8.83. The van der Waals surface area contributed by atoms with Gasteiger partial charge in [-0.2, -0.15) is 0 Å². The molecule has 1 aromatic carbocycles. The van der Waals surface area contributed by atoms with Gasteiger partial charge in [0.05, 0.1) is 18.2 Å². The average molecular weight is 241 g/mol. The van der Waals surface area contributed by atoms with Crippen LogP contribution in [0.2, 0.25) is 5.02 Å². The molecule has 2 aromatic rings. The Hall–Kier alpha value is -1.23. The zero-order valence-corrected chi connectivity index (χ0v) is 9.58. The minimum absolute atomic E-state index is 0.178. The van der Waals surface area contributed by atoms with E-state index in [1.54, 1.807) is 25.4 Å². The molecular formula is C11H13ClN2O2. The van der Waals surface area contributed by atoms with Gasteiger partial charge in [0.25, 0.3) is 0 Å². The van der Waals surface area contributed by atoms with Crippen molar-refractivity contribution < 1.29 is 9.84 Å². The molecule has 0 aliphatic carbocycles. The van der Waals surface area contributed by atoms with Gasteiger partial charge in [0.1, 0.15) is 5.75 Å². The first-order chi connectivity index (χ1) is 7.67. The predicted octanol–water partition coefficient (Wildman–Crippen LogP) is 1.82. The fourth-order valence-corrected chi connectivity index (χ4v) is 1.94. The van der Waals surface area contributed by atoms with E-state index >= 15 is 0 Å². The minimum Gasteiger partial charge on any atom is -0.495 e. The molecular weight excluding hydrogens is 228 g/mol. The number of rotatable bonds is 3. The molecule has 1 unspecified atom stereocenters. The van der Waals surface area contributed by atoms with Crippen LogP contribution in [0.15, 0.2) is 18.3 Å². The van der Waals surface area contributed by atoms with E-state index in [2.05, 4.69) is 4.98 Å². The molecule has 4 nitrogen and oxygen atoms in total. The van der Waals surface area contributed by atoms with E-state index in [1.165, 1.54) is 0 Å². The lowest BCUT2D eigenvalue weighted by Crippen LogP contribution is -2.10. The van der Waals surface area contributed by atoms with E-state index in [9.17, 15) is 5.11 Å². The fourth-order valence-electron chi connectivity index (χ4n) is 1.70. The Morgan fingerprint density at radius 3 is 2.94 bits per heavy atom. The standard InChI is InChI=1S/C11H13ClN2O2/c1-16-11-2-6-7(10(15)4-13)5-14-9(6)3-8(11)12/h2-3,5,10,14-15H,4,13H2,1H3. The third-order valence-corrected chi connectivity index (χ3v) is 2.86. The second-order valence-corrected chi connectivity index (χ2v) is 3.94. The van der Waals surface area contributed by atoms with Crippen molar-refractivity contribution in [2.24, 2.45) is 5.73 Å². The topological polar surface area (TPSA) is 71.3 Å². The number of halogens is 1. The Labute approximate surface area is 98.0 Å². The summed E-state index contributed by atoms with van der Waals surface area (Å²) < 4.78 is 5.13. The number of aliphatic hydroxyl groups is 1. The Morgan fingerprint density at radius 2 is 2.31 bits per heavy atom. The summed E-state index contributed by atoms with van der Waals surface area (Å²) in [5.74, 6) is 0.583. The summed E-state index contributed by atoms with van der Waals surface area (Å²) in [7, 11) is 1.55. The van der Waals surface area contributed by atoms with Gasteiger partial charge in [-0.15, -0.1) is 0 Å². The Bertz CT molecular complexity index is 510. The van der Waals surface area contributed by atoms with E-state index in [1.807, 2.05) is 0 Å². The maximum atomic E-state index is 9.73. The van der Waals surface area contributed by atoms with Gasteiger partial charge in [0.15, 0.2) is 0 Å². The zero-order chi connectivity index (χ0) is 11.7. The quantitative estimate of drug-likeness (QED) is 0.766. The van der Waals surface area contributed by atoms with E-state index in [-0.39, 0.29) is 6.54 Å². The number of H-pyrrole nitrogens is 1. The molecule has 4 N–H and O–H groups in total. The van der Waals surface area contributed by atoms with E-state index in [0.29, 0.717) is 10.8 Å². The van der Waals surface area contributed by atoms with Gasteiger partial charge in [0.2, 0.25) is 0 Å². The van der Waals surface area contributed by atoms with Crippen molar-refractivity contribution in [1.29, 1.82) is 0 Å². The monoisotopic (exact) mass is 240 g/mol. The van der Waals surface area contributed by atoms with Crippen LogP contribution in [0.5, 0.6) is 5.75 Å². The summed E-state index contributed by atoms with van der Waals surface area (Å²) in [5.41, 5.74) is 7.05. The second kappa shape index (κ2) is 4.33. The first kappa shape index (κ1) is 11.3. The molecule has 0 saturated heterocycles. The van der Waals surface area contributed by atoms with Crippen molar-refractivity contribution >= 4 is 22.5 Å². The third kappa shape index (κ3) is 1.75. The number of hydrogen-bond donors (Lipinski definition) is 3. The van der Waals surface area contributed by atoms with Crippen LogP contribution in [-0.2, 0) is 0 Å². The number of nitrogens with one attached hydrogen (secondary N) is 1. The molecule has 0 aliphatic rings. The van der Waals surface area contributed by atoms with Gasteiger partial charge in [0, 0.05) is 29.2 Å². The Kier molecular flexibility index (Phi) is 3.05. The number of fused-ring (bicyclic) bond motifs is 1. The number of aliphatic hydroxyl groups excluding tert-OH is 1. The van der Waals surface area contributed by atoms with Gasteiger partial charge in [-0.3, -0.25) is 0 Å². The van der Waals surface area contributed by atoms with E-state index < -0.39 is 6.10 Å². The van der Waals surface area contributed by atoms with Gasteiger partial charge in [-0.1, -0.05) is 11.6 Å². The smallest absolute Gasteiger partial charge is 0.138 e. The SMILES string of the molecule is COc1cc2c(C(O)CN)c[nH]c2cc1Cl. The second-order valence-electron chi connectivity index (χ2n) is 3.53. The van der Waals surface area contributed by atoms with Crippen molar-refractivity contribution in [2.75, 3.05) is 13.7 Å². The lowest BCUT2D eigenvalue weighted by Gasteiger charge is -2.07.